The van der Waals surface area contributed by atoms with Gasteiger partial charge in [-0.25, -0.2) is 4.39 Å². The molecule has 6 heteroatoms. The summed E-state index contributed by atoms with van der Waals surface area (Å²) < 4.78 is 18.4. The number of piperidine rings is 1. The minimum absolute atomic E-state index is 0.140. The molecule has 1 N–H and O–H groups in total. The van der Waals surface area contributed by atoms with Crippen molar-refractivity contribution in [3.05, 3.63) is 66.0 Å². The Kier molecular flexibility index (Phi) is 5.77. The van der Waals surface area contributed by atoms with Gasteiger partial charge in [-0.2, -0.15) is 0 Å². The highest BCUT2D eigenvalue weighted by Gasteiger charge is 2.46. The number of aliphatic hydroxyl groups excluding tert-OH is 1. The van der Waals surface area contributed by atoms with Gasteiger partial charge in [-0.15, -0.1) is 0 Å². The van der Waals surface area contributed by atoms with Crippen LogP contribution in [0.3, 0.4) is 0 Å². The molecule has 1 aliphatic rings. The summed E-state index contributed by atoms with van der Waals surface area (Å²) in [6.45, 7) is 0.618. The van der Waals surface area contributed by atoms with Gasteiger partial charge in [0.2, 0.25) is 0 Å². The van der Waals surface area contributed by atoms with E-state index in [1.165, 1.54) is 24.3 Å². The zero-order valence-electron chi connectivity index (χ0n) is 15.6. The number of hydrogen-bond donors (Lipinski definition) is 1. The quantitative estimate of drug-likeness (QED) is 0.875. The molecule has 3 rings (SSSR count). The summed E-state index contributed by atoms with van der Waals surface area (Å²) in [7, 11) is 3.90. The van der Waals surface area contributed by atoms with Gasteiger partial charge >= 0.3 is 0 Å². The first-order valence-corrected chi connectivity index (χ1v) is 9.00. The monoisotopic (exact) mass is 372 g/mol. The molecule has 2 atom stereocenters. The van der Waals surface area contributed by atoms with Gasteiger partial charge in [0, 0.05) is 13.1 Å². The standard InChI is InChI=1S/C21H25FN2O3/c1-23(2)21(16-6-4-3-5-7-16)12-13-24(14-19(21)25)20(26)15-27-18-10-8-17(22)9-11-18/h3-11,19,25H,12-15H2,1-2H3/t19-,21+/m1/s1. The predicted octanol–water partition coefficient (Wildman–Crippen LogP) is 2.25. The Morgan fingerprint density at radius 1 is 1.22 bits per heavy atom. The van der Waals surface area contributed by atoms with Crippen molar-refractivity contribution in [3.8, 4) is 5.75 Å². The van der Waals surface area contributed by atoms with Gasteiger partial charge in [0.1, 0.15) is 11.6 Å². The molecule has 5 nitrogen and oxygen atoms in total. The predicted molar refractivity (Wildman–Crippen MR) is 101 cm³/mol. The van der Waals surface area contributed by atoms with Crippen LogP contribution in [0, 0.1) is 5.82 Å². The number of halogens is 1. The van der Waals surface area contributed by atoms with E-state index in [0.29, 0.717) is 18.7 Å². The molecule has 0 aromatic heterocycles. The molecule has 0 radical (unpaired) electrons. The number of ether oxygens (including phenoxy) is 1. The minimum Gasteiger partial charge on any atom is -0.484 e. The summed E-state index contributed by atoms with van der Waals surface area (Å²) in [5, 5.41) is 11.0. The SMILES string of the molecule is CN(C)[C@]1(c2ccccc2)CCN(C(=O)COc2ccc(F)cc2)C[C@H]1O. The lowest BCUT2D eigenvalue weighted by atomic mass is 9.77. The molecule has 0 bridgehead atoms. The number of rotatable bonds is 5. The molecule has 1 fully saturated rings. The lowest BCUT2D eigenvalue weighted by Gasteiger charge is -2.49. The van der Waals surface area contributed by atoms with E-state index in [1.807, 2.05) is 49.3 Å². The number of nitrogens with zero attached hydrogens (tertiary/aromatic N) is 2. The molecular weight excluding hydrogens is 347 g/mol. The van der Waals surface area contributed by atoms with Crippen molar-refractivity contribution in [3.63, 3.8) is 0 Å². The number of benzene rings is 2. The first-order valence-electron chi connectivity index (χ1n) is 9.00. The largest absolute Gasteiger partial charge is 0.484 e. The highest BCUT2D eigenvalue weighted by atomic mass is 19.1. The van der Waals surface area contributed by atoms with Crippen LogP contribution >= 0.6 is 0 Å². The normalized spacial score (nSPS) is 22.7. The first kappa shape index (κ1) is 19.3. The molecular formula is C21H25FN2O3. The molecule has 1 saturated heterocycles. The third-order valence-electron chi connectivity index (χ3n) is 5.31. The Morgan fingerprint density at radius 3 is 2.48 bits per heavy atom. The summed E-state index contributed by atoms with van der Waals surface area (Å²) in [5.74, 6) is -0.109. The molecule has 2 aromatic rings. The van der Waals surface area contributed by atoms with E-state index in [-0.39, 0.29) is 24.9 Å². The van der Waals surface area contributed by atoms with Crippen LogP contribution in [0.2, 0.25) is 0 Å². The van der Waals surface area contributed by atoms with Crippen LogP contribution in [0.4, 0.5) is 4.39 Å². The fraction of sp³-hybridized carbons (Fsp3) is 0.381. The Labute approximate surface area is 159 Å². The van der Waals surface area contributed by atoms with Crippen LogP contribution in [0.1, 0.15) is 12.0 Å². The summed E-state index contributed by atoms with van der Waals surface area (Å²) in [5.41, 5.74) is 0.507. The topological polar surface area (TPSA) is 53.0 Å². The molecule has 2 aromatic carbocycles. The minimum atomic E-state index is -0.724. The summed E-state index contributed by atoms with van der Waals surface area (Å²) in [6, 6.07) is 15.4. The van der Waals surface area contributed by atoms with E-state index in [1.54, 1.807) is 4.90 Å². The molecule has 0 aliphatic carbocycles. The zero-order valence-corrected chi connectivity index (χ0v) is 15.6. The van der Waals surface area contributed by atoms with Crippen molar-refractivity contribution in [1.82, 2.24) is 9.80 Å². The summed E-state index contributed by atoms with van der Waals surface area (Å²) in [4.78, 5) is 16.2. The lowest BCUT2D eigenvalue weighted by Crippen LogP contribution is -2.61. The van der Waals surface area contributed by atoms with Gasteiger partial charge in [-0.05, 0) is 50.3 Å². The van der Waals surface area contributed by atoms with Crippen LogP contribution in [0.15, 0.2) is 54.6 Å². The van der Waals surface area contributed by atoms with Gasteiger partial charge < -0.3 is 14.7 Å². The average molecular weight is 372 g/mol. The fourth-order valence-corrected chi connectivity index (χ4v) is 3.76. The second kappa shape index (κ2) is 8.06. The molecule has 144 valence electrons. The Morgan fingerprint density at radius 2 is 1.89 bits per heavy atom. The van der Waals surface area contributed by atoms with E-state index in [2.05, 4.69) is 0 Å². The molecule has 1 aliphatic heterocycles. The third kappa shape index (κ3) is 3.96. The van der Waals surface area contributed by atoms with Gasteiger partial charge in [0.05, 0.1) is 11.6 Å². The molecule has 0 saturated carbocycles. The maximum absolute atomic E-state index is 12.9. The van der Waals surface area contributed by atoms with Crippen molar-refractivity contribution in [2.75, 3.05) is 33.8 Å². The second-order valence-corrected chi connectivity index (χ2v) is 7.03. The molecule has 1 amide bonds. The van der Waals surface area contributed by atoms with E-state index < -0.39 is 11.6 Å². The number of β-amino-alcohol motifs (C(OH)–C–C–N with tert-alkyl or cyclic N) is 1. The highest BCUT2D eigenvalue weighted by molar-refractivity contribution is 5.78. The number of aliphatic hydroxyl groups is 1. The van der Waals surface area contributed by atoms with Crippen LogP contribution in [-0.2, 0) is 10.3 Å². The molecule has 27 heavy (non-hydrogen) atoms. The Balaban J connectivity index is 1.66. The van der Waals surface area contributed by atoms with Gasteiger partial charge in [0.25, 0.3) is 5.91 Å². The number of carbonyl (C=O) groups excluding carboxylic acids is 1. The highest BCUT2D eigenvalue weighted by Crippen LogP contribution is 2.37. The van der Waals surface area contributed by atoms with Crippen molar-refractivity contribution in [2.45, 2.75) is 18.1 Å². The van der Waals surface area contributed by atoms with Crippen molar-refractivity contribution < 1.29 is 19.0 Å². The number of carbonyl (C=O) groups is 1. The Bertz CT molecular complexity index is 767. The van der Waals surface area contributed by atoms with E-state index in [4.69, 9.17) is 4.74 Å². The molecule has 0 spiro atoms. The van der Waals surface area contributed by atoms with Crippen molar-refractivity contribution in [2.24, 2.45) is 0 Å². The van der Waals surface area contributed by atoms with Crippen LogP contribution < -0.4 is 4.74 Å². The van der Waals surface area contributed by atoms with Crippen LogP contribution in [-0.4, -0.2) is 60.7 Å². The Hall–Kier alpha value is -2.44. The maximum atomic E-state index is 12.9. The van der Waals surface area contributed by atoms with Gasteiger partial charge in [-0.1, -0.05) is 30.3 Å². The first-order chi connectivity index (χ1) is 12.9. The van der Waals surface area contributed by atoms with Crippen molar-refractivity contribution >= 4 is 5.91 Å². The molecule has 1 heterocycles. The fourth-order valence-electron chi connectivity index (χ4n) is 3.76. The van der Waals surface area contributed by atoms with E-state index in [9.17, 15) is 14.3 Å². The number of hydrogen-bond acceptors (Lipinski definition) is 4. The van der Waals surface area contributed by atoms with Crippen LogP contribution in [0.5, 0.6) is 5.75 Å². The van der Waals surface area contributed by atoms with Crippen molar-refractivity contribution in [1.29, 1.82) is 0 Å². The van der Waals surface area contributed by atoms with Crippen LogP contribution in [0.25, 0.3) is 0 Å². The number of likely N-dealkylation sites (N-methyl/N-ethyl adjacent to an activating group) is 1. The van der Waals surface area contributed by atoms with E-state index >= 15 is 0 Å². The second-order valence-electron chi connectivity index (χ2n) is 7.03. The smallest absolute Gasteiger partial charge is 0.260 e. The van der Waals surface area contributed by atoms with Gasteiger partial charge in [0.15, 0.2) is 6.61 Å². The number of likely N-dealkylation sites (tertiary alicyclic amines) is 1. The van der Waals surface area contributed by atoms with E-state index in [0.717, 1.165) is 5.56 Å². The van der Waals surface area contributed by atoms with Gasteiger partial charge in [-0.3, -0.25) is 9.69 Å². The third-order valence-corrected chi connectivity index (χ3v) is 5.31. The zero-order chi connectivity index (χ0) is 19.4. The molecule has 0 unspecified atom stereocenters. The summed E-state index contributed by atoms with van der Waals surface area (Å²) in [6.07, 6.45) is -0.105. The summed E-state index contributed by atoms with van der Waals surface area (Å²) >= 11 is 0. The average Bonchev–Trinajstić information content (AvgIpc) is 2.67. The lowest BCUT2D eigenvalue weighted by molar-refractivity contribution is -0.142. The maximum Gasteiger partial charge on any atom is 0.260 e. The number of amides is 1.